The molecule has 0 saturated heterocycles. The molecule has 88 valence electrons. The van der Waals surface area contributed by atoms with E-state index in [1.54, 1.807) is 0 Å². The molecule has 0 atom stereocenters. The second kappa shape index (κ2) is 6.80. The summed E-state index contributed by atoms with van der Waals surface area (Å²) in [4.78, 5) is 12.8. The van der Waals surface area contributed by atoms with Gasteiger partial charge in [0.1, 0.15) is 0 Å². The molecule has 0 unspecified atom stereocenters. The molecule has 1 aliphatic carbocycles. The summed E-state index contributed by atoms with van der Waals surface area (Å²) < 4.78 is 5.27. The number of aliphatic carboxylic acids is 1. The SMILES string of the molecule is CCOCCCN(CCC(=O)O)C1CC1. The first-order valence-electron chi connectivity index (χ1n) is 5.77. The number of nitrogens with zero attached hydrogens (tertiary/aromatic N) is 1. The number of hydrogen-bond acceptors (Lipinski definition) is 3. The van der Waals surface area contributed by atoms with Crippen molar-refractivity contribution in [2.24, 2.45) is 0 Å². The normalized spacial score (nSPS) is 15.9. The molecule has 0 bridgehead atoms. The molecule has 1 aliphatic rings. The Bertz CT molecular complexity index is 192. The summed E-state index contributed by atoms with van der Waals surface area (Å²) in [6.07, 6.45) is 3.72. The zero-order valence-corrected chi connectivity index (χ0v) is 9.45. The average Bonchev–Trinajstić information content (AvgIpc) is 3.00. The molecule has 0 spiro atoms. The maximum atomic E-state index is 10.5. The third kappa shape index (κ3) is 5.74. The lowest BCUT2D eigenvalue weighted by Crippen LogP contribution is -2.30. The fraction of sp³-hybridized carbons (Fsp3) is 0.909. The minimum Gasteiger partial charge on any atom is -0.481 e. The highest BCUT2D eigenvalue weighted by Gasteiger charge is 2.28. The van der Waals surface area contributed by atoms with Crippen LogP contribution in [0.4, 0.5) is 0 Å². The number of rotatable bonds is 9. The Morgan fingerprint density at radius 1 is 1.47 bits per heavy atom. The molecule has 0 aliphatic heterocycles. The van der Waals surface area contributed by atoms with Crippen molar-refractivity contribution >= 4 is 5.97 Å². The van der Waals surface area contributed by atoms with Gasteiger partial charge < -0.3 is 9.84 Å². The third-order valence-electron chi connectivity index (χ3n) is 2.61. The van der Waals surface area contributed by atoms with Crippen LogP contribution < -0.4 is 0 Å². The molecule has 1 fully saturated rings. The van der Waals surface area contributed by atoms with Gasteiger partial charge in [0.05, 0.1) is 6.42 Å². The molecule has 0 aromatic carbocycles. The Morgan fingerprint density at radius 2 is 2.20 bits per heavy atom. The van der Waals surface area contributed by atoms with Gasteiger partial charge in [-0.15, -0.1) is 0 Å². The molecule has 1 saturated carbocycles. The van der Waals surface area contributed by atoms with Gasteiger partial charge in [0.15, 0.2) is 0 Å². The Hall–Kier alpha value is -0.610. The highest BCUT2D eigenvalue weighted by atomic mass is 16.5. The lowest BCUT2D eigenvalue weighted by molar-refractivity contribution is -0.137. The lowest BCUT2D eigenvalue weighted by atomic mass is 10.3. The molecule has 4 heteroatoms. The van der Waals surface area contributed by atoms with Crippen LogP contribution >= 0.6 is 0 Å². The van der Waals surface area contributed by atoms with E-state index in [4.69, 9.17) is 9.84 Å². The van der Waals surface area contributed by atoms with Crippen LogP contribution in [0.1, 0.15) is 32.6 Å². The molecule has 0 amide bonds. The molecule has 1 rings (SSSR count). The van der Waals surface area contributed by atoms with Crippen molar-refractivity contribution in [1.29, 1.82) is 0 Å². The molecular formula is C11H21NO3. The van der Waals surface area contributed by atoms with E-state index in [1.807, 2.05) is 6.92 Å². The Kier molecular flexibility index (Phi) is 5.65. The van der Waals surface area contributed by atoms with E-state index < -0.39 is 5.97 Å². The molecule has 0 aromatic rings. The highest BCUT2D eigenvalue weighted by Crippen LogP contribution is 2.26. The quantitative estimate of drug-likeness (QED) is 0.590. The van der Waals surface area contributed by atoms with Crippen molar-refractivity contribution < 1.29 is 14.6 Å². The van der Waals surface area contributed by atoms with E-state index in [1.165, 1.54) is 12.8 Å². The number of carboxylic acids is 1. The van der Waals surface area contributed by atoms with Gasteiger partial charge in [0, 0.05) is 32.3 Å². The summed E-state index contributed by atoms with van der Waals surface area (Å²) in [5.74, 6) is -0.703. The summed E-state index contributed by atoms with van der Waals surface area (Å²) in [5.41, 5.74) is 0. The molecular weight excluding hydrogens is 194 g/mol. The van der Waals surface area contributed by atoms with Gasteiger partial charge in [-0.25, -0.2) is 0 Å². The molecule has 4 nitrogen and oxygen atoms in total. The summed E-state index contributed by atoms with van der Waals surface area (Å²) in [6.45, 7) is 5.19. The minimum atomic E-state index is -0.703. The van der Waals surface area contributed by atoms with E-state index in [0.717, 1.165) is 26.2 Å². The van der Waals surface area contributed by atoms with Crippen LogP contribution in [0.2, 0.25) is 0 Å². The number of carbonyl (C=O) groups is 1. The van der Waals surface area contributed by atoms with Crippen LogP contribution in [0, 0.1) is 0 Å². The van der Waals surface area contributed by atoms with Gasteiger partial charge in [-0.1, -0.05) is 0 Å². The maximum absolute atomic E-state index is 10.5. The fourth-order valence-corrected chi connectivity index (χ4v) is 1.67. The standard InChI is InChI=1S/C11H21NO3/c1-2-15-9-3-7-12(10-4-5-10)8-6-11(13)14/h10H,2-9H2,1H3,(H,13,14). The lowest BCUT2D eigenvalue weighted by Gasteiger charge is -2.20. The summed E-state index contributed by atoms with van der Waals surface area (Å²) in [7, 11) is 0. The third-order valence-corrected chi connectivity index (χ3v) is 2.61. The van der Waals surface area contributed by atoms with Crippen LogP contribution in [0.25, 0.3) is 0 Å². The van der Waals surface area contributed by atoms with Crippen LogP contribution in [0.5, 0.6) is 0 Å². The second-order valence-corrected chi connectivity index (χ2v) is 3.96. The van der Waals surface area contributed by atoms with Gasteiger partial charge >= 0.3 is 5.97 Å². The minimum absolute atomic E-state index is 0.255. The summed E-state index contributed by atoms with van der Waals surface area (Å²) in [5, 5.41) is 8.62. The fourth-order valence-electron chi connectivity index (χ4n) is 1.67. The van der Waals surface area contributed by atoms with Crippen LogP contribution in [0.15, 0.2) is 0 Å². The van der Waals surface area contributed by atoms with Crippen molar-refractivity contribution in [1.82, 2.24) is 4.90 Å². The first-order valence-corrected chi connectivity index (χ1v) is 5.77. The first kappa shape index (κ1) is 12.5. The zero-order chi connectivity index (χ0) is 11.1. The predicted octanol–water partition coefficient (Wildman–Crippen LogP) is 1.35. The Morgan fingerprint density at radius 3 is 2.73 bits per heavy atom. The summed E-state index contributed by atoms with van der Waals surface area (Å²) in [6, 6.07) is 0.644. The van der Waals surface area contributed by atoms with E-state index in [0.29, 0.717) is 12.6 Å². The molecule has 15 heavy (non-hydrogen) atoms. The van der Waals surface area contributed by atoms with Gasteiger partial charge in [0.2, 0.25) is 0 Å². The van der Waals surface area contributed by atoms with Crippen molar-refractivity contribution in [2.45, 2.75) is 38.6 Å². The largest absolute Gasteiger partial charge is 0.481 e. The molecule has 0 heterocycles. The van der Waals surface area contributed by atoms with E-state index in [2.05, 4.69) is 4.90 Å². The number of carboxylic acid groups (broad SMARTS) is 1. The maximum Gasteiger partial charge on any atom is 0.304 e. The molecule has 0 radical (unpaired) electrons. The molecule has 0 aromatic heterocycles. The monoisotopic (exact) mass is 215 g/mol. The Labute approximate surface area is 91.2 Å². The van der Waals surface area contributed by atoms with Crippen molar-refractivity contribution in [3.8, 4) is 0 Å². The average molecular weight is 215 g/mol. The topological polar surface area (TPSA) is 49.8 Å². The van der Waals surface area contributed by atoms with Crippen LogP contribution in [-0.2, 0) is 9.53 Å². The number of ether oxygens (including phenoxy) is 1. The second-order valence-electron chi connectivity index (χ2n) is 3.96. The predicted molar refractivity (Wildman–Crippen MR) is 58.0 cm³/mol. The van der Waals surface area contributed by atoms with E-state index >= 15 is 0 Å². The van der Waals surface area contributed by atoms with Crippen LogP contribution in [-0.4, -0.2) is 48.3 Å². The van der Waals surface area contributed by atoms with E-state index in [9.17, 15) is 4.79 Å². The van der Waals surface area contributed by atoms with Gasteiger partial charge in [0.25, 0.3) is 0 Å². The zero-order valence-electron chi connectivity index (χ0n) is 9.45. The van der Waals surface area contributed by atoms with Gasteiger partial charge in [-0.2, -0.15) is 0 Å². The summed E-state index contributed by atoms with van der Waals surface area (Å²) >= 11 is 0. The van der Waals surface area contributed by atoms with Crippen molar-refractivity contribution in [2.75, 3.05) is 26.3 Å². The van der Waals surface area contributed by atoms with E-state index in [-0.39, 0.29) is 6.42 Å². The van der Waals surface area contributed by atoms with Crippen molar-refractivity contribution in [3.63, 3.8) is 0 Å². The highest BCUT2D eigenvalue weighted by molar-refractivity contribution is 5.66. The van der Waals surface area contributed by atoms with Gasteiger partial charge in [-0.05, 0) is 26.2 Å². The number of hydrogen-bond donors (Lipinski definition) is 1. The molecule has 1 N–H and O–H groups in total. The van der Waals surface area contributed by atoms with Crippen LogP contribution in [0.3, 0.4) is 0 Å². The Balaban J connectivity index is 2.10. The van der Waals surface area contributed by atoms with Crippen molar-refractivity contribution in [3.05, 3.63) is 0 Å². The first-order chi connectivity index (χ1) is 7.24. The smallest absolute Gasteiger partial charge is 0.304 e. The van der Waals surface area contributed by atoms with Gasteiger partial charge in [-0.3, -0.25) is 9.69 Å².